The highest BCUT2D eigenvalue weighted by molar-refractivity contribution is 5.95. The summed E-state index contributed by atoms with van der Waals surface area (Å²) < 4.78 is 7.28. The van der Waals surface area contributed by atoms with E-state index >= 15 is 0 Å². The predicted molar refractivity (Wildman–Crippen MR) is 106 cm³/mol. The summed E-state index contributed by atoms with van der Waals surface area (Å²) in [5.74, 6) is 1.59. The second-order valence-corrected chi connectivity index (χ2v) is 7.02. The van der Waals surface area contributed by atoms with Crippen molar-refractivity contribution in [3.8, 4) is 5.69 Å². The van der Waals surface area contributed by atoms with Gasteiger partial charge >= 0.3 is 0 Å². The van der Waals surface area contributed by atoms with Crippen molar-refractivity contribution in [3.63, 3.8) is 0 Å². The molecular weight excluding hydrogens is 354 g/mol. The summed E-state index contributed by atoms with van der Waals surface area (Å²) in [4.78, 5) is 19.5. The van der Waals surface area contributed by atoms with Crippen molar-refractivity contribution in [2.45, 2.75) is 12.3 Å². The number of aromatic nitrogens is 3. The summed E-state index contributed by atoms with van der Waals surface area (Å²) >= 11 is 0. The molecular formula is C21H21N5O2. The maximum Gasteiger partial charge on any atom is 0.226 e. The van der Waals surface area contributed by atoms with E-state index in [1.807, 2.05) is 48.8 Å². The molecule has 1 unspecified atom stereocenters. The van der Waals surface area contributed by atoms with Gasteiger partial charge in [0, 0.05) is 42.8 Å². The number of ether oxygens (including phenoxy) is 1. The number of hydrogen-bond acceptors (Lipinski definition) is 5. The van der Waals surface area contributed by atoms with Crippen molar-refractivity contribution >= 4 is 17.5 Å². The van der Waals surface area contributed by atoms with Gasteiger partial charge in [-0.1, -0.05) is 24.3 Å². The van der Waals surface area contributed by atoms with Crippen LogP contribution in [0.5, 0.6) is 0 Å². The van der Waals surface area contributed by atoms with E-state index < -0.39 is 0 Å². The summed E-state index contributed by atoms with van der Waals surface area (Å²) in [6, 6.07) is 13.9. The molecule has 2 aliphatic rings. The van der Waals surface area contributed by atoms with Crippen LogP contribution < -0.4 is 10.2 Å². The van der Waals surface area contributed by atoms with Gasteiger partial charge in [0.2, 0.25) is 5.91 Å². The molecule has 3 aromatic rings. The fourth-order valence-corrected chi connectivity index (χ4v) is 3.98. The monoisotopic (exact) mass is 375 g/mol. The SMILES string of the molecule is O=C1CC(c2cccnc2N2CCOCC2)c2cnn(-c3ccccc3)c2N1. The summed E-state index contributed by atoms with van der Waals surface area (Å²) in [5, 5.41) is 7.58. The molecule has 7 heteroatoms. The molecule has 28 heavy (non-hydrogen) atoms. The van der Waals surface area contributed by atoms with E-state index in [4.69, 9.17) is 4.74 Å². The Kier molecular flexibility index (Phi) is 4.29. The van der Waals surface area contributed by atoms with E-state index in [2.05, 4.69) is 26.4 Å². The van der Waals surface area contributed by atoms with Gasteiger partial charge in [0.25, 0.3) is 0 Å². The number of hydrogen-bond donors (Lipinski definition) is 1. The lowest BCUT2D eigenvalue weighted by Gasteiger charge is -2.32. The van der Waals surface area contributed by atoms with Gasteiger partial charge in [-0.05, 0) is 18.2 Å². The quantitative estimate of drug-likeness (QED) is 0.762. The number of carbonyl (C=O) groups is 1. The van der Waals surface area contributed by atoms with E-state index in [1.54, 1.807) is 4.68 Å². The zero-order chi connectivity index (χ0) is 18.9. The second kappa shape index (κ2) is 7.09. The molecule has 1 atom stereocenters. The van der Waals surface area contributed by atoms with Gasteiger partial charge in [0.05, 0.1) is 25.1 Å². The number of fused-ring (bicyclic) bond motifs is 1. The third-order valence-corrected chi connectivity index (χ3v) is 5.32. The van der Waals surface area contributed by atoms with Gasteiger partial charge in [-0.3, -0.25) is 4.79 Å². The third-order valence-electron chi connectivity index (χ3n) is 5.32. The third kappa shape index (κ3) is 2.93. The fraction of sp³-hybridized carbons (Fsp3) is 0.286. The largest absolute Gasteiger partial charge is 0.378 e. The van der Waals surface area contributed by atoms with Crippen molar-refractivity contribution < 1.29 is 9.53 Å². The molecule has 1 saturated heterocycles. The first kappa shape index (κ1) is 16.9. The highest BCUT2D eigenvalue weighted by atomic mass is 16.5. The van der Waals surface area contributed by atoms with E-state index in [0.717, 1.165) is 41.5 Å². The number of morpholine rings is 1. The smallest absolute Gasteiger partial charge is 0.226 e. The van der Waals surface area contributed by atoms with Crippen LogP contribution in [0.15, 0.2) is 54.9 Å². The number of benzene rings is 1. The topological polar surface area (TPSA) is 72.3 Å². The second-order valence-electron chi connectivity index (χ2n) is 7.02. The Labute approximate surface area is 163 Å². The van der Waals surface area contributed by atoms with Crippen molar-refractivity contribution in [2.24, 2.45) is 0 Å². The molecule has 7 nitrogen and oxygen atoms in total. The van der Waals surface area contributed by atoms with Crippen molar-refractivity contribution in [3.05, 3.63) is 66.0 Å². The summed E-state index contributed by atoms with van der Waals surface area (Å²) in [7, 11) is 0. The molecule has 2 aliphatic heterocycles. The highest BCUT2D eigenvalue weighted by Gasteiger charge is 2.33. The molecule has 0 bridgehead atoms. The van der Waals surface area contributed by atoms with Crippen LogP contribution in [-0.2, 0) is 9.53 Å². The van der Waals surface area contributed by atoms with Crippen LogP contribution in [-0.4, -0.2) is 47.0 Å². The van der Waals surface area contributed by atoms with E-state index in [1.165, 1.54) is 0 Å². The lowest BCUT2D eigenvalue weighted by atomic mass is 9.87. The van der Waals surface area contributed by atoms with Crippen LogP contribution in [0.3, 0.4) is 0 Å². The van der Waals surface area contributed by atoms with Crippen LogP contribution in [0.25, 0.3) is 5.69 Å². The fourth-order valence-electron chi connectivity index (χ4n) is 3.98. The Morgan fingerprint density at radius 3 is 2.68 bits per heavy atom. The number of nitrogens with one attached hydrogen (secondary N) is 1. The molecule has 1 fully saturated rings. The number of para-hydroxylation sites is 1. The van der Waals surface area contributed by atoms with Crippen LogP contribution in [0, 0.1) is 0 Å². The van der Waals surface area contributed by atoms with Gasteiger partial charge in [0.1, 0.15) is 11.6 Å². The Morgan fingerprint density at radius 1 is 1.04 bits per heavy atom. The van der Waals surface area contributed by atoms with Crippen molar-refractivity contribution in [1.29, 1.82) is 0 Å². The first-order valence-electron chi connectivity index (χ1n) is 9.52. The van der Waals surface area contributed by atoms with Crippen LogP contribution in [0.1, 0.15) is 23.5 Å². The molecule has 4 heterocycles. The maximum atomic E-state index is 12.6. The molecule has 1 N–H and O–H groups in total. The maximum absolute atomic E-state index is 12.6. The van der Waals surface area contributed by atoms with Crippen LogP contribution >= 0.6 is 0 Å². The average molecular weight is 375 g/mol. The minimum Gasteiger partial charge on any atom is -0.378 e. The average Bonchev–Trinajstić information content (AvgIpc) is 3.18. The summed E-state index contributed by atoms with van der Waals surface area (Å²) in [6.07, 6.45) is 4.06. The minimum atomic E-state index is -0.0762. The number of rotatable bonds is 3. The van der Waals surface area contributed by atoms with E-state index in [0.29, 0.717) is 19.6 Å². The summed E-state index contributed by atoms with van der Waals surface area (Å²) in [5.41, 5.74) is 3.00. The first-order chi connectivity index (χ1) is 13.8. The number of carbonyl (C=O) groups excluding carboxylic acids is 1. The van der Waals surface area contributed by atoms with Gasteiger partial charge in [-0.25, -0.2) is 9.67 Å². The Morgan fingerprint density at radius 2 is 1.86 bits per heavy atom. The highest BCUT2D eigenvalue weighted by Crippen LogP contribution is 2.40. The van der Waals surface area contributed by atoms with Crippen molar-refractivity contribution in [2.75, 3.05) is 36.5 Å². The normalized spacial score (nSPS) is 19.2. The molecule has 0 aliphatic carbocycles. The zero-order valence-electron chi connectivity index (χ0n) is 15.4. The Balaban J connectivity index is 1.59. The van der Waals surface area contributed by atoms with Gasteiger partial charge in [-0.15, -0.1) is 0 Å². The molecule has 1 aromatic carbocycles. The van der Waals surface area contributed by atoms with E-state index in [9.17, 15) is 4.79 Å². The van der Waals surface area contributed by atoms with Crippen molar-refractivity contribution in [1.82, 2.24) is 14.8 Å². The van der Waals surface area contributed by atoms with Gasteiger partial charge in [0.15, 0.2) is 0 Å². The zero-order valence-corrected chi connectivity index (χ0v) is 15.4. The lowest BCUT2D eigenvalue weighted by molar-refractivity contribution is -0.116. The number of anilines is 2. The molecule has 1 amide bonds. The number of pyridine rings is 1. The van der Waals surface area contributed by atoms with Gasteiger partial charge < -0.3 is 15.0 Å². The standard InChI is InChI=1S/C21H21N5O2/c27-19-13-17(16-7-4-8-22-20(16)25-9-11-28-12-10-25)18-14-23-26(21(18)24-19)15-5-2-1-3-6-15/h1-8,14,17H,9-13H2,(H,24,27). The minimum absolute atomic E-state index is 0.00744. The van der Waals surface area contributed by atoms with Crippen LogP contribution in [0.2, 0.25) is 0 Å². The molecule has 0 spiro atoms. The molecule has 2 aromatic heterocycles. The van der Waals surface area contributed by atoms with E-state index in [-0.39, 0.29) is 11.8 Å². The first-order valence-corrected chi connectivity index (χ1v) is 9.52. The predicted octanol–water partition coefficient (Wildman–Crippen LogP) is 2.58. The molecule has 142 valence electrons. The Bertz CT molecular complexity index is 995. The number of nitrogens with zero attached hydrogens (tertiary/aromatic N) is 4. The van der Waals surface area contributed by atoms with Crippen LogP contribution in [0.4, 0.5) is 11.6 Å². The molecule has 5 rings (SSSR count). The molecule has 0 radical (unpaired) electrons. The number of amides is 1. The Hall–Kier alpha value is -3.19. The summed E-state index contributed by atoms with van der Waals surface area (Å²) in [6.45, 7) is 2.99. The molecule has 0 saturated carbocycles. The lowest BCUT2D eigenvalue weighted by Crippen LogP contribution is -2.38. The van der Waals surface area contributed by atoms with Gasteiger partial charge in [-0.2, -0.15) is 5.10 Å².